The van der Waals surface area contributed by atoms with Gasteiger partial charge in [0.25, 0.3) is 6.43 Å². The lowest BCUT2D eigenvalue weighted by Crippen LogP contribution is -2.19. The summed E-state index contributed by atoms with van der Waals surface area (Å²) in [5.41, 5.74) is 4.19. The highest BCUT2D eigenvalue weighted by Gasteiger charge is 2.22. The van der Waals surface area contributed by atoms with Crippen molar-refractivity contribution >= 4 is 33.4 Å². The zero-order valence-corrected chi connectivity index (χ0v) is 20.7. The van der Waals surface area contributed by atoms with E-state index >= 15 is 0 Å². The first-order valence-corrected chi connectivity index (χ1v) is 12.2. The molecule has 36 heavy (non-hydrogen) atoms. The number of carbonyl (C=O) groups excluding carboxylic acids is 1. The number of nitrogens with one attached hydrogen (secondary N) is 1. The number of halogens is 2. The van der Waals surface area contributed by atoms with Crippen molar-refractivity contribution in [3.8, 4) is 22.5 Å². The third kappa shape index (κ3) is 4.37. The van der Waals surface area contributed by atoms with E-state index in [0.717, 1.165) is 23.5 Å². The molecule has 0 spiro atoms. The molecule has 1 N–H and O–H groups in total. The zero-order chi connectivity index (χ0) is 25.4. The van der Waals surface area contributed by atoms with Crippen LogP contribution in [0.1, 0.15) is 30.3 Å². The lowest BCUT2D eigenvalue weighted by atomic mass is 10.1. The number of anilines is 1. The van der Waals surface area contributed by atoms with Crippen molar-refractivity contribution < 1.29 is 13.6 Å². The van der Waals surface area contributed by atoms with Gasteiger partial charge in [-0.15, -0.1) is 11.3 Å². The van der Waals surface area contributed by atoms with Crippen LogP contribution in [0.5, 0.6) is 0 Å². The number of aryl methyl sites for hydroxylation is 2. The smallest absolute Gasteiger partial charge is 0.264 e. The second-order valence-corrected chi connectivity index (χ2v) is 9.11. The molecule has 4 heterocycles. The van der Waals surface area contributed by atoms with Crippen molar-refractivity contribution in [2.24, 2.45) is 0 Å². The van der Waals surface area contributed by atoms with Crippen LogP contribution in [-0.2, 0) is 17.9 Å². The summed E-state index contributed by atoms with van der Waals surface area (Å²) in [7, 11) is 0. The van der Waals surface area contributed by atoms with Crippen molar-refractivity contribution in [2.75, 3.05) is 5.32 Å². The number of thiazole rings is 1. The molecule has 1 aromatic carbocycles. The molecule has 0 radical (unpaired) electrons. The van der Waals surface area contributed by atoms with Crippen molar-refractivity contribution in [1.29, 1.82) is 0 Å². The van der Waals surface area contributed by atoms with Gasteiger partial charge in [0.1, 0.15) is 6.54 Å². The number of amides is 1. The number of alkyl halides is 2. The average molecular weight is 508 g/mol. The number of pyridine rings is 1. The van der Waals surface area contributed by atoms with Crippen LogP contribution in [-0.4, -0.2) is 35.4 Å². The van der Waals surface area contributed by atoms with E-state index in [2.05, 4.69) is 25.5 Å². The normalized spacial score (nSPS) is 11.5. The summed E-state index contributed by atoms with van der Waals surface area (Å²) < 4.78 is 31.2. The predicted molar refractivity (Wildman–Crippen MR) is 135 cm³/mol. The van der Waals surface area contributed by atoms with E-state index < -0.39 is 6.43 Å². The SMILES string of the molecule is CCn1ncc(-c2csc(NC(=O)Cn3nc(C)c4c(C(F)F)cc(-c5ccccc5)nc43)n2)c1C. The van der Waals surface area contributed by atoms with E-state index in [1.807, 2.05) is 42.1 Å². The van der Waals surface area contributed by atoms with Gasteiger partial charge in [0, 0.05) is 34.3 Å². The number of aromatic nitrogens is 6. The maximum absolute atomic E-state index is 14.0. The summed E-state index contributed by atoms with van der Waals surface area (Å²) in [5.74, 6) is -0.383. The van der Waals surface area contributed by atoms with Crippen LogP contribution in [0.2, 0.25) is 0 Å². The summed E-state index contributed by atoms with van der Waals surface area (Å²) in [6.45, 7) is 6.18. The highest BCUT2D eigenvalue weighted by molar-refractivity contribution is 7.14. The van der Waals surface area contributed by atoms with Crippen molar-refractivity contribution in [3.05, 3.63) is 64.9 Å². The Balaban J connectivity index is 1.43. The number of hydrogen-bond acceptors (Lipinski definition) is 6. The van der Waals surface area contributed by atoms with Crippen LogP contribution in [0.4, 0.5) is 13.9 Å². The largest absolute Gasteiger partial charge is 0.300 e. The van der Waals surface area contributed by atoms with Crippen LogP contribution in [0.25, 0.3) is 33.5 Å². The number of benzene rings is 1. The van der Waals surface area contributed by atoms with E-state index in [1.165, 1.54) is 22.1 Å². The van der Waals surface area contributed by atoms with Gasteiger partial charge in [0.15, 0.2) is 10.8 Å². The zero-order valence-electron chi connectivity index (χ0n) is 19.9. The number of fused-ring (bicyclic) bond motifs is 1. The van der Waals surface area contributed by atoms with Gasteiger partial charge in [-0.25, -0.2) is 23.4 Å². The Hall–Kier alpha value is -3.99. The van der Waals surface area contributed by atoms with E-state index in [0.29, 0.717) is 22.1 Å². The molecule has 0 saturated carbocycles. The summed E-state index contributed by atoms with van der Waals surface area (Å²) in [5, 5.41) is 14.0. The van der Waals surface area contributed by atoms with Gasteiger partial charge in [0.05, 0.1) is 28.7 Å². The molecule has 0 aliphatic carbocycles. The van der Waals surface area contributed by atoms with Crippen LogP contribution in [0.3, 0.4) is 0 Å². The minimum atomic E-state index is -2.71. The van der Waals surface area contributed by atoms with Crippen molar-refractivity contribution in [1.82, 2.24) is 29.5 Å². The van der Waals surface area contributed by atoms with E-state index in [9.17, 15) is 13.6 Å². The highest BCUT2D eigenvalue weighted by Crippen LogP contribution is 2.33. The van der Waals surface area contributed by atoms with Gasteiger partial charge in [-0.3, -0.25) is 9.48 Å². The molecule has 0 aliphatic rings. The number of rotatable bonds is 7. The first kappa shape index (κ1) is 23.7. The van der Waals surface area contributed by atoms with Gasteiger partial charge < -0.3 is 5.32 Å². The van der Waals surface area contributed by atoms with Crippen LogP contribution in [0, 0.1) is 13.8 Å². The molecule has 0 fully saturated rings. The second-order valence-electron chi connectivity index (χ2n) is 8.25. The van der Waals surface area contributed by atoms with Gasteiger partial charge in [-0.2, -0.15) is 10.2 Å². The van der Waals surface area contributed by atoms with Crippen LogP contribution < -0.4 is 5.32 Å². The quantitative estimate of drug-likeness (QED) is 0.308. The molecule has 184 valence electrons. The van der Waals surface area contributed by atoms with E-state index in [-0.39, 0.29) is 29.0 Å². The van der Waals surface area contributed by atoms with Crippen molar-refractivity contribution in [3.63, 3.8) is 0 Å². The molecule has 0 saturated heterocycles. The number of hydrogen-bond donors (Lipinski definition) is 1. The van der Waals surface area contributed by atoms with E-state index in [1.54, 1.807) is 25.3 Å². The maximum Gasteiger partial charge on any atom is 0.264 e. The Morgan fingerprint density at radius 1 is 1.11 bits per heavy atom. The third-order valence-electron chi connectivity index (χ3n) is 5.94. The van der Waals surface area contributed by atoms with Gasteiger partial charge in [-0.05, 0) is 26.8 Å². The first-order chi connectivity index (χ1) is 17.4. The molecular formula is C25H23F2N7OS. The molecule has 4 aromatic heterocycles. The Kier molecular flexibility index (Phi) is 6.31. The predicted octanol–water partition coefficient (Wildman–Crippen LogP) is 5.63. The monoisotopic (exact) mass is 507 g/mol. The van der Waals surface area contributed by atoms with Gasteiger partial charge in [-0.1, -0.05) is 30.3 Å². The molecule has 8 nitrogen and oxygen atoms in total. The standard InChI is InChI=1S/C25H23F2N7OS/c1-4-33-15(3)18(11-28-33)20-13-36-25(30-20)31-21(35)12-34-24-22(14(2)32-34)17(23(26)27)10-19(29-24)16-8-6-5-7-9-16/h5-11,13,23H,4,12H2,1-3H3,(H,30,31,35). The lowest BCUT2D eigenvalue weighted by Gasteiger charge is -2.09. The van der Waals surface area contributed by atoms with E-state index in [4.69, 9.17) is 0 Å². The minimum Gasteiger partial charge on any atom is -0.300 e. The number of nitrogens with zero attached hydrogens (tertiary/aromatic N) is 6. The fourth-order valence-electron chi connectivity index (χ4n) is 4.19. The minimum absolute atomic E-state index is 0.157. The molecule has 0 bridgehead atoms. The summed E-state index contributed by atoms with van der Waals surface area (Å²) >= 11 is 1.30. The third-order valence-corrected chi connectivity index (χ3v) is 6.69. The molecule has 1 amide bonds. The molecule has 0 unspecified atom stereocenters. The Morgan fingerprint density at radius 3 is 2.58 bits per heavy atom. The summed E-state index contributed by atoms with van der Waals surface area (Å²) in [6.07, 6.45) is -0.952. The van der Waals surface area contributed by atoms with Gasteiger partial charge >= 0.3 is 0 Å². The van der Waals surface area contributed by atoms with Gasteiger partial charge in [0.2, 0.25) is 5.91 Å². The Bertz CT molecular complexity index is 1560. The summed E-state index contributed by atoms with van der Waals surface area (Å²) in [4.78, 5) is 22.0. The number of carbonyl (C=O) groups is 1. The second kappa shape index (κ2) is 9.57. The first-order valence-electron chi connectivity index (χ1n) is 11.4. The Labute approximate surface area is 209 Å². The fourth-order valence-corrected chi connectivity index (χ4v) is 4.92. The maximum atomic E-state index is 14.0. The van der Waals surface area contributed by atoms with Crippen LogP contribution in [0.15, 0.2) is 48.0 Å². The average Bonchev–Trinajstić information content (AvgIpc) is 3.56. The topological polar surface area (TPSA) is 90.5 Å². The molecule has 5 rings (SSSR count). The van der Waals surface area contributed by atoms with Crippen LogP contribution >= 0.6 is 11.3 Å². The van der Waals surface area contributed by atoms with Crippen molar-refractivity contribution in [2.45, 2.75) is 40.3 Å². The Morgan fingerprint density at radius 2 is 1.89 bits per heavy atom. The fraction of sp³-hybridized carbons (Fsp3) is 0.240. The molecule has 5 aromatic rings. The molecule has 0 aliphatic heterocycles. The molecular weight excluding hydrogens is 484 g/mol. The molecule has 0 atom stereocenters. The lowest BCUT2D eigenvalue weighted by molar-refractivity contribution is -0.116. The highest BCUT2D eigenvalue weighted by atomic mass is 32.1. The molecule has 11 heteroatoms. The summed E-state index contributed by atoms with van der Waals surface area (Å²) in [6, 6.07) is 10.5.